The van der Waals surface area contributed by atoms with Crippen LogP contribution in [0, 0.1) is 0 Å². The predicted molar refractivity (Wildman–Crippen MR) is 135 cm³/mol. The first-order valence-electron chi connectivity index (χ1n) is 11.6. The first-order chi connectivity index (χ1) is 15.9. The highest BCUT2D eigenvalue weighted by molar-refractivity contribution is 7.98. The molecule has 2 aromatic rings. The third-order valence-corrected chi connectivity index (χ3v) is 8.37. The number of hydrogen-bond donors (Lipinski definition) is 1. The van der Waals surface area contributed by atoms with Gasteiger partial charge in [-0.25, -0.2) is 8.42 Å². The third-order valence-electron chi connectivity index (χ3n) is 5.84. The molecule has 0 aromatic heterocycles. The molecule has 0 aliphatic heterocycles. The molecular weight excluding hydrogens is 456 g/mol. The summed E-state index contributed by atoms with van der Waals surface area (Å²) >= 11 is 1.55. The fourth-order valence-electron chi connectivity index (χ4n) is 4.07. The van der Waals surface area contributed by atoms with Gasteiger partial charge in [-0.15, -0.1) is 11.8 Å². The van der Waals surface area contributed by atoms with Crippen LogP contribution in [0.1, 0.15) is 51.9 Å². The molecule has 8 heteroatoms. The molecule has 0 spiro atoms. The van der Waals surface area contributed by atoms with Crippen LogP contribution in [0.5, 0.6) is 5.75 Å². The summed E-state index contributed by atoms with van der Waals surface area (Å²) in [5.41, 5.74) is 0.431. The molecule has 1 amide bonds. The Morgan fingerprint density at radius 1 is 1.00 bits per heavy atom. The number of thioether (sulfide) groups is 1. The van der Waals surface area contributed by atoms with Gasteiger partial charge in [0.05, 0.1) is 17.2 Å². The zero-order valence-electron chi connectivity index (χ0n) is 19.5. The van der Waals surface area contributed by atoms with Gasteiger partial charge in [0.2, 0.25) is 5.91 Å². The first kappa shape index (κ1) is 25.4. The second-order valence-corrected chi connectivity index (χ2v) is 11.0. The van der Waals surface area contributed by atoms with Gasteiger partial charge in [-0.05, 0) is 74.6 Å². The van der Waals surface area contributed by atoms with Gasteiger partial charge in [-0.3, -0.25) is 9.10 Å². The van der Waals surface area contributed by atoms with Gasteiger partial charge in [0.1, 0.15) is 12.3 Å². The molecule has 1 N–H and O–H groups in total. The lowest BCUT2D eigenvalue weighted by atomic mass is 9.97. The summed E-state index contributed by atoms with van der Waals surface area (Å²) in [6, 6.07) is 13.7. The average molecular weight is 491 g/mol. The maximum atomic E-state index is 13.6. The molecule has 0 heterocycles. The lowest BCUT2D eigenvalue weighted by Crippen LogP contribution is -2.44. The molecular formula is C25H34N2O4S2. The van der Waals surface area contributed by atoms with Crippen LogP contribution in [0.15, 0.2) is 58.3 Å². The Morgan fingerprint density at radius 2 is 1.61 bits per heavy atom. The van der Waals surface area contributed by atoms with E-state index in [0.717, 1.165) is 30.6 Å². The quantitative estimate of drug-likeness (QED) is 0.487. The Hall–Kier alpha value is -2.19. The molecule has 33 heavy (non-hydrogen) atoms. The third kappa shape index (κ3) is 7.14. The smallest absolute Gasteiger partial charge is 0.264 e. The number of ether oxygens (including phenoxy) is 1. The van der Waals surface area contributed by atoms with Crippen molar-refractivity contribution in [2.24, 2.45) is 0 Å². The van der Waals surface area contributed by atoms with E-state index in [4.69, 9.17) is 4.74 Å². The van der Waals surface area contributed by atoms with Crippen molar-refractivity contribution < 1.29 is 17.9 Å². The fraction of sp³-hybridized carbons (Fsp3) is 0.480. The second kappa shape index (κ2) is 12.3. The summed E-state index contributed by atoms with van der Waals surface area (Å²) in [4.78, 5) is 14.1. The summed E-state index contributed by atoms with van der Waals surface area (Å²) in [6.07, 6.45) is 9.63. The van der Waals surface area contributed by atoms with Crippen LogP contribution < -0.4 is 14.4 Å². The summed E-state index contributed by atoms with van der Waals surface area (Å²) in [5.74, 6) is 0.376. The highest BCUT2D eigenvalue weighted by Crippen LogP contribution is 2.27. The molecule has 0 radical (unpaired) electrons. The molecule has 1 aliphatic rings. The van der Waals surface area contributed by atoms with E-state index >= 15 is 0 Å². The Balaban J connectivity index is 1.84. The van der Waals surface area contributed by atoms with Crippen molar-refractivity contribution in [3.8, 4) is 5.75 Å². The van der Waals surface area contributed by atoms with Crippen LogP contribution in [0.2, 0.25) is 0 Å². The number of sulfonamides is 1. The minimum atomic E-state index is -3.93. The molecule has 1 aliphatic carbocycles. The molecule has 2 aromatic carbocycles. The summed E-state index contributed by atoms with van der Waals surface area (Å²) in [6.45, 7) is 2.15. The topological polar surface area (TPSA) is 75.7 Å². The zero-order valence-corrected chi connectivity index (χ0v) is 21.1. The van der Waals surface area contributed by atoms with Crippen LogP contribution in [0.4, 0.5) is 5.69 Å². The Bertz CT molecular complexity index is 984. The normalized spacial score (nSPS) is 15.3. The highest BCUT2D eigenvalue weighted by atomic mass is 32.2. The number of carbonyl (C=O) groups is 1. The first-order valence-corrected chi connectivity index (χ1v) is 14.3. The molecule has 1 saturated carbocycles. The number of nitrogens with zero attached hydrogens (tertiary/aromatic N) is 1. The largest absolute Gasteiger partial charge is 0.494 e. The number of amides is 1. The lowest BCUT2D eigenvalue weighted by Gasteiger charge is -2.26. The van der Waals surface area contributed by atoms with Crippen molar-refractivity contribution in [3.63, 3.8) is 0 Å². The molecule has 180 valence electrons. The molecule has 6 nitrogen and oxygen atoms in total. The number of anilines is 1. The molecule has 0 bridgehead atoms. The number of rotatable bonds is 9. The van der Waals surface area contributed by atoms with Gasteiger partial charge >= 0.3 is 0 Å². The Kier molecular flexibility index (Phi) is 9.50. The monoisotopic (exact) mass is 490 g/mol. The van der Waals surface area contributed by atoms with Crippen molar-refractivity contribution in [3.05, 3.63) is 48.5 Å². The Labute approximate surface area is 202 Å². The van der Waals surface area contributed by atoms with E-state index in [1.807, 2.05) is 13.2 Å². The van der Waals surface area contributed by atoms with Crippen LogP contribution in [0.25, 0.3) is 0 Å². The van der Waals surface area contributed by atoms with E-state index in [-0.39, 0.29) is 23.4 Å². The SMILES string of the molecule is CCOc1ccc(N(CC(=O)NC2CCCCCCC2)S(=O)(=O)c2ccc(SC)cc2)cc1. The van der Waals surface area contributed by atoms with E-state index in [9.17, 15) is 13.2 Å². The van der Waals surface area contributed by atoms with E-state index in [1.54, 1.807) is 60.3 Å². The minimum absolute atomic E-state index is 0.101. The van der Waals surface area contributed by atoms with Gasteiger partial charge in [0, 0.05) is 10.9 Å². The number of carbonyl (C=O) groups excluding carboxylic acids is 1. The number of hydrogen-bond acceptors (Lipinski definition) is 5. The van der Waals surface area contributed by atoms with Crippen molar-refractivity contribution in [1.29, 1.82) is 0 Å². The van der Waals surface area contributed by atoms with Gasteiger partial charge in [-0.1, -0.05) is 32.1 Å². The summed E-state index contributed by atoms with van der Waals surface area (Å²) in [7, 11) is -3.93. The van der Waals surface area contributed by atoms with E-state index in [2.05, 4.69) is 5.32 Å². The maximum absolute atomic E-state index is 13.6. The fourth-order valence-corrected chi connectivity index (χ4v) is 5.90. The van der Waals surface area contributed by atoms with E-state index < -0.39 is 10.0 Å². The van der Waals surface area contributed by atoms with Crippen LogP contribution in [-0.2, 0) is 14.8 Å². The van der Waals surface area contributed by atoms with Crippen LogP contribution in [-0.4, -0.2) is 39.8 Å². The summed E-state index contributed by atoms with van der Waals surface area (Å²) in [5, 5.41) is 3.09. The highest BCUT2D eigenvalue weighted by Gasteiger charge is 2.28. The molecule has 1 fully saturated rings. The number of benzene rings is 2. The molecule has 3 rings (SSSR count). The zero-order chi connectivity index (χ0) is 23.7. The molecule has 0 saturated heterocycles. The van der Waals surface area contributed by atoms with Gasteiger partial charge in [0.15, 0.2) is 0 Å². The maximum Gasteiger partial charge on any atom is 0.264 e. The Morgan fingerprint density at radius 3 is 2.18 bits per heavy atom. The minimum Gasteiger partial charge on any atom is -0.494 e. The van der Waals surface area contributed by atoms with Crippen molar-refractivity contribution in [1.82, 2.24) is 5.32 Å². The lowest BCUT2D eigenvalue weighted by molar-refractivity contribution is -0.120. The van der Waals surface area contributed by atoms with Crippen LogP contribution in [0.3, 0.4) is 0 Å². The standard InChI is InChI=1S/C25H34N2O4S2/c1-3-31-22-13-11-21(12-14-22)27(33(29,30)24-17-15-23(32-2)16-18-24)19-25(28)26-20-9-7-5-4-6-8-10-20/h11-18,20H,3-10,19H2,1-2H3,(H,26,28). The molecule has 0 atom stereocenters. The second-order valence-electron chi connectivity index (χ2n) is 8.22. The van der Waals surface area contributed by atoms with E-state index in [1.165, 1.54) is 23.6 Å². The van der Waals surface area contributed by atoms with Crippen molar-refractivity contribution >= 4 is 33.4 Å². The van der Waals surface area contributed by atoms with Gasteiger partial charge < -0.3 is 10.1 Å². The van der Waals surface area contributed by atoms with Crippen molar-refractivity contribution in [2.45, 2.75) is 67.7 Å². The van der Waals surface area contributed by atoms with Crippen molar-refractivity contribution in [2.75, 3.05) is 23.7 Å². The summed E-state index contributed by atoms with van der Waals surface area (Å²) < 4.78 is 33.8. The molecule has 0 unspecified atom stereocenters. The number of nitrogens with one attached hydrogen (secondary N) is 1. The average Bonchev–Trinajstić information content (AvgIpc) is 2.80. The van der Waals surface area contributed by atoms with Gasteiger partial charge in [-0.2, -0.15) is 0 Å². The van der Waals surface area contributed by atoms with Crippen LogP contribution >= 0.6 is 11.8 Å². The van der Waals surface area contributed by atoms with E-state index in [0.29, 0.717) is 18.0 Å². The van der Waals surface area contributed by atoms with Gasteiger partial charge in [0.25, 0.3) is 10.0 Å². The predicted octanol–water partition coefficient (Wildman–Crippen LogP) is 5.23.